The van der Waals surface area contributed by atoms with Gasteiger partial charge in [-0.15, -0.1) is 0 Å². The smallest absolute Gasteiger partial charge is 0.238 e. The number of hydrogen-bond donors (Lipinski definition) is 1. The molecule has 4 aliphatic rings. The van der Waals surface area contributed by atoms with Gasteiger partial charge in [0.2, 0.25) is 23.6 Å². The lowest BCUT2D eigenvalue weighted by Crippen LogP contribution is -2.43. The molecular weight excluding hydrogens is 640 g/mol. The third-order valence-corrected chi connectivity index (χ3v) is 11.4. The van der Waals surface area contributed by atoms with E-state index >= 15 is 0 Å². The number of benzene rings is 4. The molecule has 2 aliphatic carbocycles. The first kappa shape index (κ1) is 32.7. The fraction of sp³-hybridized carbons (Fsp3) is 0.302. The SMILES string of the molecule is CCc1ccc(N2C(=O)[C@H]3[C@H](CC=C4[C@H]3C[C@H]3C(=O)N(c5ccc(CC)cc5)C(=O)[C@H]3[C@H]4c3ccc(OCc4ccccc4)cc3O)C2=O)cc1. The topological polar surface area (TPSA) is 104 Å². The number of anilines is 2. The number of ether oxygens (including phenoxy) is 1. The minimum atomic E-state index is -0.783. The van der Waals surface area contributed by atoms with Crippen LogP contribution in [0.5, 0.6) is 11.5 Å². The number of aryl methyl sites for hydroxylation is 2. The number of phenols is 1. The summed E-state index contributed by atoms with van der Waals surface area (Å²) in [7, 11) is 0. The highest BCUT2D eigenvalue weighted by molar-refractivity contribution is 6.24. The Hall–Kier alpha value is -5.50. The van der Waals surface area contributed by atoms with Gasteiger partial charge in [-0.1, -0.05) is 86.2 Å². The van der Waals surface area contributed by atoms with Gasteiger partial charge in [0.05, 0.1) is 35.0 Å². The minimum Gasteiger partial charge on any atom is -0.508 e. The molecule has 0 radical (unpaired) electrons. The molecule has 8 heteroatoms. The Morgan fingerprint density at radius 3 is 1.82 bits per heavy atom. The van der Waals surface area contributed by atoms with E-state index in [0.29, 0.717) is 35.7 Å². The molecule has 0 unspecified atom stereocenters. The minimum absolute atomic E-state index is 0.0505. The van der Waals surface area contributed by atoms with Crippen LogP contribution in [0.25, 0.3) is 0 Å². The maximum absolute atomic E-state index is 14.5. The summed E-state index contributed by atoms with van der Waals surface area (Å²) in [5.41, 5.74) is 5.56. The first-order chi connectivity index (χ1) is 24.8. The highest BCUT2D eigenvalue weighted by atomic mass is 16.5. The fourth-order valence-corrected chi connectivity index (χ4v) is 8.82. The van der Waals surface area contributed by atoms with E-state index in [-0.39, 0.29) is 35.8 Å². The van der Waals surface area contributed by atoms with Crippen LogP contribution in [0.1, 0.15) is 54.9 Å². The Balaban J connectivity index is 1.18. The van der Waals surface area contributed by atoms with E-state index in [4.69, 9.17) is 4.74 Å². The number of nitrogens with zero attached hydrogens (tertiary/aromatic N) is 2. The molecule has 2 aliphatic heterocycles. The second kappa shape index (κ2) is 13.0. The molecule has 0 aromatic heterocycles. The van der Waals surface area contributed by atoms with Crippen molar-refractivity contribution in [1.82, 2.24) is 0 Å². The molecule has 258 valence electrons. The van der Waals surface area contributed by atoms with Crippen molar-refractivity contribution in [3.8, 4) is 11.5 Å². The van der Waals surface area contributed by atoms with Crippen LogP contribution in [0.2, 0.25) is 0 Å². The highest BCUT2D eigenvalue weighted by Crippen LogP contribution is 2.59. The van der Waals surface area contributed by atoms with Gasteiger partial charge >= 0.3 is 0 Å². The first-order valence-corrected chi connectivity index (χ1v) is 17.9. The molecule has 8 rings (SSSR count). The highest BCUT2D eigenvalue weighted by Gasteiger charge is 2.62. The summed E-state index contributed by atoms with van der Waals surface area (Å²) < 4.78 is 6.00. The number of carbonyl (C=O) groups is 4. The molecule has 0 spiro atoms. The molecule has 51 heavy (non-hydrogen) atoms. The lowest BCUT2D eigenvalue weighted by Gasteiger charge is -2.44. The van der Waals surface area contributed by atoms with Crippen molar-refractivity contribution in [3.05, 3.63) is 131 Å². The van der Waals surface area contributed by atoms with Gasteiger partial charge < -0.3 is 9.84 Å². The Morgan fingerprint density at radius 2 is 1.24 bits per heavy atom. The van der Waals surface area contributed by atoms with Crippen LogP contribution >= 0.6 is 0 Å². The summed E-state index contributed by atoms with van der Waals surface area (Å²) in [6, 6.07) is 29.8. The number of allylic oxidation sites excluding steroid dienone is 2. The standard InChI is InChI=1S/C43H40N2O6/c1-3-25-10-14-28(15-11-25)44-40(47)33-21-20-31-34(38(33)42(44)49)23-35-39(43(50)45(41(35)48)29-16-12-26(4-2)13-17-29)37(31)32-19-18-30(22-36(32)46)51-24-27-8-6-5-7-9-27/h5-20,22,33-35,37-39,46H,3-4,21,23-24H2,1-2H3/t33-,34+,35+,37+,38-,39+/m0/s1. The summed E-state index contributed by atoms with van der Waals surface area (Å²) in [5.74, 6) is -4.63. The normalized spacial score (nSPS) is 25.4. The third-order valence-electron chi connectivity index (χ3n) is 11.4. The number of rotatable bonds is 8. The average molecular weight is 681 g/mol. The van der Waals surface area contributed by atoms with Crippen molar-refractivity contribution >= 4 is 35.0 Å². The zero-order valence-electron chi connectivity index (χ0n) is 28.7. The van der Waals surface area contributed by atoms with E-state index in [2.05, 4.69) is 6.92 Å². The van der Waals surface area contributed by atoms with Gasteiger partial charge in [0.15, 0.2) is 0 Å². The van der Waals surface area contributed by atoms with Crippen LogP contribution in [0.3, 0.4) is 0 Å². The molecule has 1 saturated carbocycles. The lowest BCUT2D eigenvalue weighted by atomic mass is 9.57. The van der Waals surface area contributed by atoms with Crippen LogP contribution in [-0.2, 0) is 38.6 Å². The van der Waals surface area contributed by atoms with Crippen molar-refractivity contribution in [2.24, 2.45) is 29.6 Å². The first-order valence-electron chi connectivity index (χ1n) is 17.9. The molecule has 0 bridgehead atoms. The predicted molar refractivity (Wildman–Crippen MR) is 193 cm³/mol. The predicted octanol–water partition coefficient (Wildman–Crippen LogP) is 7.14. The van der Waals surface area contributed by atoms with Crippen molar-refractivity contribution in [2.75, 3.05) is 9.80 Å². The van der Waals surface area contributed by atoms with Crippen LogP contribution in [0.4, 0.5) is 11.4 Å². The van der Waals surface area contributed by atoms with Gasteiger partial charge in [-0.3, -0.25) is 29.0 Å². The van der Waals surface area contributed by atoms with E-state index in [9.17, 15) is 24.3 Å². The maximum Gasteiger partial charge on any atom is 0.238 e. The van der Waals surface area contributed by atoms with E-state index in [1.807, 2.05) is 79.7 Å². The molecule has 2 heterocycles. The number of carbonyl (C=O) groups excluding carboxylic acids is 4. The van der Waals surface area contributed by atoms with Crippen LogP contribution in [0, 0.1) is 29.6 Å². The molecule has 2 saturated heterocycles. The maximum atomic E-state index is 14.5. The Morgan fingerprint density at radius 1 is 0.647 bits per heavy atom. The zero-order chi connectivity index (χ0) is 35.4. The molecule has 4 amide bonds. The van der Waals surface area contributed by atoms with Gasteiger partial charge in [0.25, 0.3) is 0 Å². The molecule has 4 aromatic carbocycles. The van der Waals surface area contributed by atoms with E-state index in [1.54, 1.807) is 30.3 Å². The van der Waals surface area contributed by atoms with Gasteiger partial charge in [-0.25, -0.2) is 0 Å². The van der Waals surface area contributed by atoms with Crippen LogP contribution in [0.15, 0.2) is 109 Å². The Bertz CT molecular complexity index is 2050. The summed E-state index contributed by atoms with van der Waals surface area (Å²) in [4.78, 5) is 59.7. The quantitative estimate of drug-likeness (QED) is 0.157. The van der Waals surface area contributed by atoms with Crippen LogP contribution < -0.4 is 14.5 Å². The average Bonchev–Trinajstić information content (AvgIpc) is 3.57. The number of hydrogen-bond acceptors (Lipinski definition) is 6. The van der Waals surface area contributed by atoms with E-state index in [0.717, 1.165) is 35.1 Å². The summed E-state index contributed by atoms with van der Waals surface area (Å²) >= 11 is 0. The fourth-order valence-electron chi connectivity index (χ4n) is 8.82. The third kappa shape index (κ3) is 5.44. The number of imide groups is 2. The lowest BCUT2D eigenvalue weighted by molar-refractivity contribution is -0.126. The molecule has 8 nitrogen and oxygen atoms in total. The molecule has 1 N–H and O–H groups in total. The van der Waals surface area contributed by atoms with Gasteiger partial charge in [-0.05, 0) is 78.6 Å². The summed E-state index contributed by atoms with van der Waals surface area (Å²) in [6.07, 6.45) is 4.26. The molecule has 6 atom stereocenters. The largest absolute Gasteiger partial charge is 0.508 e. The van der Waals surface area contributed by atoms with Crippen molar-refractivity contribution < 1.29 is 29.0 Å². The van der Waals surface area contributed by atoms with Crippen molar-refractivity contribution in [3.63, 3.8) is 0 Å². The van der Waals surface area contributed by atoms with Crippen LogP contribution in [-0.4, -0.2) is 28.7 Å². The second-order valence-corrected chi connectivity index (χ2v) is 14.1. The zero-order valence-corrected chi connectivity index (χ0v) is 28.7. The monoisotopic (exact) mass is 680 g/mol. The second-order valence-electron chi connectivity index (χ2n) is 14.1. The van der Waals surface area contributed by atoms with Gasteiger partial charge in [0, 0.05) is 17.5 Å². The summed E-state index contributed by atoms with van der Waals surface area (Å²) in [6.45, 7) is 4.41. The molecule has 3 fully saturated rings. The Labute approximate surface area is 297 Å². The Kier molecular flexibility index (Phi) is 8.33. The number of fused-ring (bicyclic) bond motifs is 4. The number of amides is 4. The number of phenolic OH excluding ortho intramolecular Hbond substituents is 1. The molecular formula is C43H40N2O6. The number of aromatic hydroxyl groups is 1. The van der Waals surface area contributed by atoms with Gasteiger partial charge in [-0.2, -0.15) is 0 Å². The van der Waals surface area contributed by atoms with Crippen molar-refractivity contribution in [2.45, 2.75) is 52.1 Å². The van der Waals surface area contributed by atoms with E-state index in [1.165, 1.54) is 9.80 Å². The molecule has 4 aromatic rings. The van der Waals surface area contributed by atoms with Gasteiger partial charge in [0.1, 0.15) is 18.1 Å². The van der Waals surface area contributed by atoms with E-state index < -0.39 is 35.5 Å². The summed E-state index contributed by atoms with van der Waals surface area (Å²) in [5, 5.41) is 11.6. The van der Waals surface area contributed by atoms with Crippen molar-refractivity contribution in [1.29, 1.82) is 0 Å².